The minimum absolute atomic E-state index is 0.0978. The van der Waals surface area contributed by atoms with Crippen LogP contribution in [0.15, 0.2) is 65.8 Å². The number of carbonyl (C=O) groups is 2. The first-order chi connectivity index (χ1) is 16.8. The average Bonchev–Trinajstić information content (AvgIpc) is 2.84. The van der Waals surface area contributed by atoms with Crippen molar-refractivity contribution in [2.75, 3.05) is 30.9 Å². The maximum atomic E-state index is 12.2. The number of aryl methyl sites for hydroxylation is 3. The van der Waals surface area contributed by atoms with Gasteiger partial charge in [0.15, 0.2) is 18.1 Å². The van der Waals surface area contributed by atoms with Crippen molar-refractivity contribution < 1.29 is 19.1 Å². The number of amides is 2. The van der Waals surface area contributed by atoms with Gasteiger partial charge in [0.1, 0.15) is 0 Å². The van der Waals surface area contributed by atoms with Gasteiger partial charge in [-0.15, -0.1) is 0 Å². The lowest BCUT2D eigenvalue weighted by Crippen LogP contribution is -2.25. The molecule has 0 atom stereocenters. The number of methoxy groups -OCH3 is 1. The van der Waals surface area contributed by atoms with E-state index in [0.29, 0.717) is 22.7 Å². The molecule has 0 radical (unpaired) electrons. The maximum absolute atomic E-state index is 12.2. The van der Waals surface area contributed by atoms with Crippen molar-refractivity contribution in [2.45, 2.75) is 20.8 Å². The molecular formula is C27H30N4O4. The lowest BCUT2D eigenvalue weighted by Gasteiger charge is -2.11. The summed E-state index contributed by atoms with van der Waals surface area (Å²) in [6.45, 7) is 5.95. The number of nitrogens with one attached hydrogen (secondary N) is 3. The second-order valence-corrected chi connectivity index (χ2v) is 8.06. The molecule has 0 heterocycles. The van der Waals surface area contributed by atoms with E-state index in [9.17, 15) is 9.59 Å². The van der Waals surface area contributed by atoms with Crippen LogP contribution in [-0.2, 0) is 9.59 Å². The molecule has 0 fully saturated rings. The molecule has 35 heavy (non-hydrogen) atoms. The van der Waals surface area contributed by atoms with Gasteiger partial charge >= 0.3 is 0 Å². The second kappa shape index (κ2) is 12.2. The van der Waals surface area contributed by atoms with Crippen LogP contribution in [0.5, 0.6) is 11.5 Å². The number of carbonyl (C=O) groups excluding carboxylic acids is 2. The Bertz CT molecular complexity index is 1220. The van der Waals surface area contributed by atoms with Crippen LogP contribution >= 0.6 is 0 Å². The normalized spacial score (nSPS) is 10.6. The zero-order chi connectivity index (χ0) is 25.2. The summed E-state index contributed by atoms with van der Waals surface area (Å²) in [7, 11) is 1.51. The number of nitrogens with zero attached hydrogens (tertiary/aromatic N) is 1. The van der Waals surface area contributed by atoms with E-state index in [1.165, 1.54) is 18.9 Å². The summed E-state index contributed by atoms with van der Waals surface area (Å²) in [6.07, 6.45) is 1.50. The SMILES string of the molecule is COc1cc(/C=N/NC(=O)CNc2ccc(C)c(C)c2)ccc1OCC(=O)Nc1cccc(C)c1. The molecule has 8 nitrogen and oxygen atoms in total. The summed E-state index contributed by atoms with van der Waals surface area (Å²) in [5.41, 5.74) is 8.17. The van der Waals surface area contributed by atoms with Crippen molar-refractivity contribution in [1.29, 1.82) is 0 Å². The maximum Gasteiger partial charge on any atom is 0.262 e. The smallest absolute Gasteiger partial charge is 0.262 e. The van der Waals surface area contributed by atoms with Crippen LogP contribution in [0.4, 0.5) is 11.4 Å². The topological polar surface area (TPSA) is 101 Å². The predicted octanol–water partition coefficient (Wildman–Crippen LogP) is 4.20. The molecule has 0 aromatic heterocycles. The van der Waals surface area contributed by atoms with Crippen molar-refractivity contribution in [2.24, 2.45) is 5.10 Å². The first-order valence-corrected chi connectivity index (χ1v) is 11.1. The third kappa shape index (κ3) is 7.89. The largest absolute Gasteiger partial charge is 0.493 e. The zero-order valence-electron chi connectivity index (χ0n) is 20.3. The molecule has 0 unspecified atom stereocenters. The fourth-order valence-corrected chi connectivity index (χ4v) is 3.20. The van der Waals surface area contributed by atoms with E-state index in [1.807, 2.05) is 63.2 Å². The van der Waals surface area contributed by atoms with Crippen LogP contribution in [0.1, 0.15) is 22.3 Å². The van der Waals surface area contributed by atoms with Gasteiger partial charge in [0.05, 0.1) is 19.9 Å². The molecule has 0 spiro atoms. The van der Waals surface area contributed by atoms with Crippen LogP contribution in [0.25, 0.3) is 0 Å². The van der Waals surface area contributed by atoms with Crippen LogP contribution in [0, 0.1) is 20.8 Å². The van der Waals surface area contributed by atoms with Crippen LogP contribution in [0.2, 0.25) is 0 Å². The molecule has 0 aliphatic rings. The molecule has 0 aliphatic heterocycles. The standard InChI is InChI=1S/C27H30N4O4/c1-18-6-5-7-23(12-18)30-27(33)17-35-24-11-9-21(14-25(24)34-4)15-29-31-26(32)16-28-22-10-8-19(2)20(3)13-22/h5-15,28H,16-17H2,1-4H3,(H,30,33)(H,31,32)/b29-15+. The molecule has 3 aromatic carbocycles. The van der Waals surface area contributed by atoms with Gasteiger partial charge in [0.2, 0.25) is 0 Å². The predicted molar refractivity (Wildman–Crippen MR) is 138 cm³/mol. The summed E-state index contributed by atoms with van der Waals surface area (Å²) >= 11 is 0. The van der Waals surface area contributed by atoms with E-state index in [0.717, 1.165) is 16.8 Å². The molecule has 8 heteroatoms. The molecule has 0 saturated carbocycles. The highest BCUT2D eigenvalue weighted by Gasteiger charge is 2.09. The average molecular weight is 475 g/mol. The van der Waals surface area contributed by atoms with E-state index in [4.69, 9.17) is 9.47 Å². The minimum Gasteiger partial charge on any atom is -0.493 e. The Morgan fingerprint density at radius 2 is 1.71 bits per heavy atom. The second-order valence-electron chi connectivity index (χ2n) is 8.06. The molecule has 0 bridgehead atoms. The van der Waals surface area contributed by atoms with Gasteiger partial charge in [-0.1, -0.05) is 18.2 Å². The zero-order valence-corrected chi connectivity index (χ0v) is 20.3. The highest BCUT2D eigenvalue weighted by atomic mass is 16.5. The van der Waals surface area contributed by atoms with E-state index in [-0.39, 0.29) is 25.0 Å². The molecule has 3 rings (SSSR count). The number of hydrogen-bond donors (Lipinski definition) is 3. The molecule has 182 valence electrons. The van der Waals surface area contributed by atoms with Crippen molar-refractivity contribution in [3.05, 3.63) is 82.9 Å². The summed E-state index contributed by atoms with van der Waals surface area (Å²) in [5.74, 6) is 0.317. The number of rotatable bonds is 10. The monoisotopic (exact) mass is 474 g/mol. The molecule has 3 aromatic rings. The first-order valence-electron chi connectivity index (χ1n) is 11.1. The quantitative estimate of drug-likeness (QED) is 0.302. The lowest BCUT2D eigenvalue weighted by atomic mass is 10.1. The summed E-state index contributed by atoms with van der Waals surface area (Å²) in [5, 5.41) is 9.86. The Balaban J connectivity index is 1.49. The Morgan fingerprint density at radius 3 is 2.46 bits per heavy atom. The molecule has 3 N–H and O–H groups in total. The fraction of sp³-hybridized carbons (Fsp3) is 0.222. The Labute approximate surface area is 205 Å². The molecule has 0 saturated heterocycles. The summed E-state index contributed by atoms with van der Waals surface area (Å²) in [6, 6.07) is 18.6. The van der Waals surface area contributed by atoms with Crippen molar-refractivity contribution in [3.8, 4) is 11.5 Å². The van der Waals surface area contributed by atoms with Gasteiger partial charge in [0, 0.05) is 11.4 Å². The fourth-order valence-electron chi connectivity index (χ4n) is 3.20. The van der Waals surface area contributed by atoms with Crippen LogP contribution in [-0.4, -0.2) is 38.3 Å². The van der Waals surface area contributed by atoms with E-state index >= 15 is 0 Å². The van der Waals surface area contributed by atoms with E-state index in [2.05, 4.69) is 21.2 Å². The van der Waals surface area contributed by atoms with Gasteiger partial charge in [0.25, 0.3) is 11.8 Å². The van der Waals surface area contributed by atoms with Crippen LogP contribution < -0.4 is 25.5 Å². The number of hydrogen-bond acceptors (Lipinski definition) is 6. The van der Waals surface area contributed by atoms with Gasteiger partial charge in [-0.3, -0.25) is 9.59 Å². The van der Waals surface area contributed by atoms with Crippen LogP contribution in [0.3, 0.4) is 0 Å². The number of ether oxygens (including phenoxy) is 2. The van der Waals surface area contributed by atoms with Gasteiger partial charge in [-0.2, -0.15) is 5.10 Å². The van der Waals surface area contributed by atoms with E-state index < -0.39 is 0 Å². The summed E-state index contributed by atoms with van der Waals surface area (Å²) < 4.78 is 11.0. The molecule has 2 amide bonds. The van der Waals surface area contributed by atoms with Crippen molar-refractivity contribution in [1.82, 2.24) is 5.43 Å². The number of anilines is 2. The Kier molecular flexibility index (Phi) is 8.83. The molecular weight excluding hydrogens is 444 g/mol. The highest BCUT2D eigenvalue weighted by Crippen LogP contribution is 2.27. The van der Waals surface area contributed by atoms with Gasteiger partial charge in [-0.25, -0.2) is 5.43 Å². The van der Waals surface area contributed by atoms with Gasteiger partial charge < -0.3 is 20.1 Å². The molecule has 0 aliphatic carbocycles. The Hall–Kier alpha value is -4.33. The minimum atomic E-state index is -0.277. The number of benzene rings is 3. The van der Waals surface area contributed by atoms with Crippen molar-refractivity contribution in [3.63, 3.8) is 0 Å². The highest BCUT2D eigenvalue weighted by molar-refractivity contribution is 5.92. The third-order valence-electron chi connectivity index (χ3n) is 5.21. The number of hydrazone groups is 1. The van der Waals surface area contributed by atoms with Crippen molar-refractivity contribution >= 4 is 29.4 Å². The first kappa shape index (κ1) is 25.3. The third-order valence-corrected chi connectivity index (χ3v) is 5.21. The van der Waals surface area contributed by atoms with Gasteiger partial charge in [-0.05, 0) is 85.5 Å². The lowest BCUT2D eigenvalue weighted by molar-refractivity contribution is -0.119. The Morgan fingerprint density at radius 1 is 0.886 bits per heavy atom. The summed E-state index contributed by atoms with van der Waals surface area (Å²) in [4.78, 5) is 24.3. The van der Waals surface area contributed by atoms with E-state index in [1.54, 1.807) is 18.2 Å².